The third-order valence-electron chi connectivity index (χ3n) is 1.15. The van der Waals surface area contributed by atoms with Gasteiger partial charge in [-0.3, -0.25) is 4.55 Å². The van der Waals surface area contributed by atoms with E-state index in [-0.39, 0.29) is 19.8 Å². The fraction of sp³-hybridized carbons (Fsp3) is 1.00. The molecular formula is C10H26O8S. The highest BCUT2D eigenvalue weighted by Gasteiger charge is 1.98. The Bertz CT molecular complexity index is 224. The molecular weight excluding hydrogens is 280 g/mol. The van der Waals surface area contributed by atoms with Gasteiger partial charge < -0.3 is 19.7 Å². The van der Waals surface area contributed by atoms with Crippen LogP contribution in [0, 0.1) is 0 Å². The molecule has 0 heterocycles. The molecule has 0 aliphatic carbocycles. The molecule has 0 aromatic rings. The molecule has 0 aromatic carbocycles. The highest BCUT2D eigenvalue weighted by molar-refractivity contribution is 7.80. The van der Waals surface area contributed by atoms with Crippen LogP contribution in [0.3, 0.4) is 0 Å². The van der Waals surface area contributed by atoms with Gasteiger partial charge in [-0.05, 0) is 20.8 Å². The van der Waals surface area contributed by atoms with Crippen molar-refractivity contribution >= 4 is 10.4 Å². The molecule has 0 unspecified atom stereocenters. The first-order valence-electron chi connectivity index (χ1n) is 5.88. The maximum Gasteiger partial charge on any atom is 0.397 e. The van der Waals surface area contributed by atoms with Crippen LogP contribution in [0.2, 0.25) is 0 Å². The predicted molar refractivity (Wildman–Crippen MR) is 70.3 cm³/mol. The Morgan fingerprint density at radius 3 is 1.37 bits per heavy atom. The van der Waals surface area contributed by atoms with Crippen LogP contribution in [0.1, 0.15) is 20.8 Å². The van der Waals surface area contributed by atoms with Gasteiger partial charge in [0.25, 0.3) is 0 Å². The average molecular weight is 306 g/mol. The summed E-state index contributed by atoms with van der Waals surface area (Å²) in [6.45, 7) is 7.80. The van der Waals surface area contributed by atoms with Crippen molar-refractivity contribution < 1.29 is 36.8 Å². The van der Waals surface area contributed by atoms with Gasteiger partial charge in [-0.1, -0.05) is 0 Å². The maximum atomic E-state index is 9.56. The fourth-order valence-corrected chi connectivity index (χ4v) is 0.882. The SMILES string of the molecule is CCOCC.CCOS(=O)(=O)O.OCCOCCO. The Kier molecular flexibility index (Phi) is 25.1. The lowest BCUT2D eigenvalue weighted by molar-refractivity contribution is 0.0650. The van der Waals surface area contributed by atoms with Gasteiger partial charge in [-0.15, -0.1) is 0 Å². The molecule has 0 spiro atoms. The van der Waals surface area contributed by atoms with Crippen molar-refractivity contribution in [1.82, 2.24) is 0 Å². The van der Waals surface area contributed by atoms with Gasteiger partial charge in [-0.2, -0.15) is 8.42 Å². The van der Waals surface area contributed by atoms with Crippen LogP contribution in [0.25, 0.3) is 0 Å². The lowest BCUT2D eigenvalue weighted by Gasteiger charge is -1.94. The van der Waals surface area contributed by atoms with Crippen molar-refractivity contribution in [1.29, 1.82) is 0 Å². The minimum Gasteiger partial charge on any atom is -0.394 e. The van der Waals surface area contributed by atoms with Gasteiger partial charge in [0.05, 0.1) is 33.0 Å². The molecule has 0 aliphatic rings. The molecule has 0 radical (unpaired) electrons. The van der Waals surface area contributed by atoms with Crippen LogP contribution < -0.4 is 0 Å². The van der Waals surface area contributed by atoms with E-state index in [2.05, 4.69) is 8.92 Å². The van der Waals surface area contributed by atoms with E-state index in [0.29, 0.717) is 13.2 Å². The maximum absolute atomic E-state index is 9.56. The second-order valence-electron chi connectivity index (χ2n) is 2.68. The number of hydrogen-bond acceptors (Lipinski definition) is 7. The van der Waals surface area contributed by atoms with E-state index in [1.54, 1.807) is 0 Å². The Labute approximate surface area is 115 Å². The molecule has 0 saturated carbocycles. The topological polar surface area (TPSA) is 123 Å². The molecule has 0 aliphatic heterocycles. The normalized spacial score (nSPS) is 10.0. The summed E-state index contributed by atoms with van der Waals surface area (Å²) in [6, 6.07) is 0. The number of aliphatic hydroxyl groups is 2. The quantitative estimate of drug-likeness (QED) is 0.418. The van der Waals surface area contributed by atoms with Gasteiger partial charge in [0, 0.05) is 13.2 Å². The number of ether oxygens (including phenoxy) is 2. The lowest BCUT2D eigenvalue weighted by Crippen LogP contribution is -2.03. The van der Waals surface area contributed by atoms with E-state index in [1.807, 2.05) is 13.8 Å². The lowest BCUT2D eigenvalue weighted by atomic mass is 10.7. The molecule has 0 fully saturated rings. The summed E-state index contributed by atoms with van der Waals surface area (Å²) in [5.74, 6) is 0. The first-order valence-corrected chi connectivity index (χ1v) is 7.24. The van der Waals surface area contributed by atoms with Crippen LogP contribution in [0.4, 0.5) is 0 Å². The molecule has 0 aromatic heterocycles. The number of rotatable bonds is 8. The summed E-state index contributed by atoms with van der Waals surface area (Å²) in [5, 5.41) is 16.2. The van der Waals surface area contributed by atoms with Gasteiger partial charge in [0.1, 0.15) is 0 Å². The van der Waals surface area contributed by atoms with Crippen molar-refractivity contribution in [3.63, 3.8) is 0 Å². The van der Waals surface area contributed by atoms with Crippen LogP contribution >= 0.6 is 0 Å². The Morgan fingerprint density at radius 2 is 1.26 bits per heavy atom. The van der Waals surface area contributed by atoms with Crippen molar-refractivity contribution in [3.05, 3.63) is 0 Å². The molecule has 0 amide bonds. The average Bonchev–Trinajstić information content (AvgIpc) is 2.31. The van der Waals surface area contributed by atoms with E-state index >= 15 is 0 Å². The smallest absolute Gasteiger partial charge is 0.394 e. The monoisotopic (exact) mass is 306 g/mol. The zero-order chi connectivity index (χ0) is 15.6. The third-order valence-corrected chi connectivity index (χ3v) is 1.68. The largest absolute Gasteiger partial charge is 0.397 e. The number of hydrogen-bond donors (Lipinski definition) is 3. The van der Waals surface area contributed by atoms with E-state index < -0.39 is 10.4 Å². The van der Waals surface area contributed by atoms with E-state index in [0.717, 1.165) is 13.2 Å². The van der Waals surface area contributed by atoms with Gasteiger partial charge in [-0.25, -0.2) is 4.18 Å². The molecule has 0 rings (SSSR count). The molecule has 120 valence electrons. The van der Waals surface area contributed by atoms with Crippen molar-refractivity contribution in [2.75, 3.05) is 46.2 Å². The van der Waals surface area contributed by atoms with Gasteiger partial charge >= 0.3 is 10.4 Å². The number of aliphatic hydroxyl groups excluding tert-OH is 2. The minimum atomic E-state index is -4.17. The Balaban J connectivity index is -0.000000206. The zero-order valence-corrected chi connectivity index (χ0v) is 12.6. The highest BCUT2D eigenvalue weighted by Crippen LogP contribution is 1.81. The summed E-state index contributed by atoms with van der Waals surface area (Å²) in [4.78, 5) is 0. The predicted octanol–water partition coefficient (Wildman–Crippen LogP) is -0.144. The second-order valence-corrected chi connectivity index (χ2v) is 3.77. The molecule has 0 atom stereocenters. The first-order chi connectivity index (χ1) is 8.89. The summed E-state index contributed by atoms with van der Waals surface area (Å²) in [5.41, 5.74) is 0. The van der Waals surface area contributed by atoms with E-state index in [4.69, 9.17) is 19.5 Å². The molecule has 19 heavy (non-hydrogen) atoms. The molecule has 9 heteroatoms. The summed E-state index contributed by atoms with van der Waals surface area (Å²) < 4.78 is 40.1. The van der Waals surface area contributed by atoms with Crippen LogP contribution in [-0.4, -0.2) is 69.4 Å². The van der Waals surface area contributed by atoms with Crippen LogP contribution in [0.15, 0.2) is 0 Å². The zero-order valence-electron chi connectivity index (χ0n) is 11.7. The van der Waals surface area contributed by atoms with Crippen LogP contribution in [-0.2, 0) is 24.1 Å². The van der Waals surface area contributed by atoms with Gasteiger partial charge in [0.2, 0.25) is 0 Å². The van der Waals surface area contributed by atoms with Crippen LogP contribution in [0.5, 0.6) is 0 Å². The van der Waals surface area contributed by atoms with E-state index in [9.17, 15) is 8.42 Å². The first kappa shape index (κ1) is 23.8. The molecule has 0 saturated heterocycles. The van der Waals surface area contributed by atoms with Gasteiger partial charge in [0.15, 0.2) is 0 Å². The summed E-state index contributed by atoms with van der Waals surface area (Å²) >= 11 is 0. The summed E-state index contributed by atoms with van der Waals surface area (Å²) in [7, 11) is -4.17. The third kappa shape index (κ3) is 46.4. The van der Waals surface area contributed by atoms with Crippen molar-refractivity contribution in [2.24, 2.45) is 0 Å². The minimum absolute atomic E-state index is 0.0278. The van der Waals surface area contributed by atoms with E-state index in [1.165, 1.54) is 6.92 Å². The second kappa shape index (κ2) is 20.0. The Hall–Kier alpha value is -0.290. The molecule has 0 bridgehead atoms. The standard InChI is InChI=1S/C4H10O3.C4H10O.C2H6O4S/c5-1-3-7-4-2-6;1-3-5-4-2;1-2-6-7(3,4)5/h5-6H,1-4H2;3-4H2,1-2H3;2H2,1H3,(H,3,4,5). The highest BCUT2D eigenvalue weighted by atomic mass is 32.3. The molecule has 3 N–H and O–H groups in total. The van der Waals surface area contributed by atoms with Crippen molar-refractivity contribution in [3.8, 4) is 0 Å². The Morgan fingerprint density at radius 1 is 0.842 bits per heavy atom. The molecule has 8 nitrogen and oxygen atoms in total. The summed E-state index contributed by atoms with van der Waals surface area (Å²) in [6.07, 6.45) is 0. The van der Waals surface area contributed by atoms with Crippen molar-refractivity contribution in [2.45, 2.75) is 20.8 Å². The fourth-order valence-electron chi connectivity index (χ4n) is 0.584.